The van der Waals surface area contributed by atoms with E-state index in [1.165, 1.54) is 12.1 Å². The maximum Gasteiger partial charge on any atom is 0.145 e. The summed E-state index contributed by atoms with van der Waals surface area (Å²) in [7, 11) is 0. The zero-order chi connectivity index (χ0) is 12.3. The highest BCUT2D eigenvalue weighted by Gasteiger charge is 2.23. The predicted octanol–water partition coefficient (Wildman–Crippen LogP) is 4.16. The monoisotopic (exact) mass is 291 g/mol. The van der Waals surface area contributed by atoms with E-state index in [0.29, 0.717) is 0 Å². The van der Waals surface area contributed by atoms with Gasteiger partial charge in [-0.25, -0.2) is 8.78 Å². The number of nitrogens with two attached hydrogens (primary N) is 1. The zero-order valence-electron chi connectivity index (χ0n) is 9.43. The number of rotatable bonds is 4. The van der Waals surface area contributed by atoms with Crippen LogP contribution in [0.25, 0.3) is 0 Å². The van der Waals surface area contributed by atoms with Crippen molar-refractivity contribution < 1.29 is 8.78 Å². The molecule has 0 heterocycles. The number of halogens is 3. The molecule has 0 aliphatic rings. The largest absolute Gasteiger partial charge is 0.324 e. The standard InChI is InChI=1S/C12H16BrF2N/c1-3-4-7(2)12(16)10-9(14)6-5-8(13)11(10)15/h5-7,12H,3-4,16H2,1-2H3. The van der Waals surface area contributed by atoms with Gasteiger partial charge < -0.3 is 5.73 Å². The Morgan fingerprint density at radius 1 is 1.38 bits per heavy atom. The van der Waals surface area contributed by atoms with E-state index in [1.54, 1.807) is 0 Å². The third-order valence-corrected chi connectivity index (χ3v) is 3.38. The number of hydrogen-bond donors (Lipinski definition) is 1. The highest BCUT2D eigenvalue weighted by atomic mass is 79.9. The summed E-state index contributed by atoms with van der Waals surface area (Å²) in [6.45, 7) is 3.94. The van der Waals surface area contributed by atoms with Crippen molar-refractivity contribution in [2.75, 3.05) is 0 Å². The van der Waals surface area contributed by atoms with Gasteiger partial charge in [-0.2, -0.15) is 0 Å². The summed E-state index contributed by atoms with van der Waals surface area (Å²) in [5.41, 5.74) is 5.88. The van der Waals surface area contributed by atoms with E-state index in [0.717, 1.165) is 12.8 Å². The molecule has 0 bridgehead atoms. The molecule has 4 heteroatoms. The van der Waals surface area contributed by atoms with E-state index in [1.807, 2.05) is 13.8 Å². The van der Waals surface area contributed by atoms with Crippen LogP contribution < -0.4 is 5.73 Å². The minimum absolute atomic E-state index is 0.0182. The normalized spacial score (nSPS) is 14.9. The summed E-state index contributed by atoms with van der Waals surface area (Å²) >= 11 is 3.04. The summed E-state index contributed by atoms with van der Waals surface area (Å²) in [5.74, 6) is -1.10. The summed E-state index contributed by atoms with van der Waals surface area (Å²) in [6, 6.07) is 1.99. The van der Waals surface area contributed by atoms with Gasteiger partial charge in [0.25, 0.3) is 0 Å². The minimum Gasteiger partial charge on any atom is -0.324 e. The smallest absolute Gasteiger partial charge is 0.145 e. The van der Waals surface area contributed by atoms with Crippen LogP contribution in [0.3, 0.4) is 0 Å². The third kappa shape index (κ3) is 2.80. The second kappa shape index (κ2) is 5.73. The van der Waals surface area contributed by atoms with Crippen molar-refractivity contribution in [3.63, 3.8) is 0 Å². The molecule has 0 spiro atoms. The Labute approximate surface area is 103 Å². The van der Waals surface area contributed by atoms with Crippen LogP contribution in [0.5, 0.6) is 0 Å². The fraction of sp³-hybridized carbons (Fsp3) is 0.500. The average Bonchev–Trinajstić information content (AvgIpc) is 2.24. The lowest BCUT2D eigenvalue weighted by atomic mass is 9.91. The zero-order valence-corrected chi connectivity index (χ0v) is 11.0. The minimum atomic E-state index is -0.600. The van der Waals surface area contributed by atoms with Gasteiger partial charge in [-0.3, -0.25) is 0 Å². The lowest BCUT2D eigenvalue weighted by Gasteiger charge is -2.21. The van der Waals surface area contributed by atoms with Gasteiger partial charge in [-0.05, 0) is 40.4 Å². The van der Waals surface area contributed by atoms with Crippen LogP contribution in [0.1, 0.15) is 38.3 Å². The van der Waals surface area contributed by atoms with Gasteiger partial charge in [0.1, 0.15) is 11.6 Å². The second-order valence-corrected chi connectivity index (χ2v) is 4.90. The number of hydrogen-bond acceptors (Lipinski definition) is 1. The van der Waals surface area contributed by atoms with Crippen LogP contribution >= 0.6 is 15.9 Å². The van der Waals surface area contributed by atoms with Crippen LogP contribution in [-0.2, 0) is 0 Å². The first kappa shape index (κ1) is 13.6. The molecule has 0 radical (unpaired) electrons. The van der Waals surface area contributed by atoms with Crippen molar-refractivity contribution in [3.05, 3.63) is 33.8 Å². The molecule has 2 atom stereocenters. The SMILES string of the molecule is CCCC(C)C(N)c1c(F)ccc(Br)c1F. The van der Waals surface area contributed by atoms with Gasteiger partial charge in [0.2, 0.25) is 0 Å². The van der Waals surface area contributed by atoms with E-state index in [9.17, 15) is 8.78 Å². The Kier molecular flexibility index (Phi) is 4.87. The molecule has 90 valence electrons. The second-order valence-electron chi connectivity index (χ2n) is 4.05. The average molecular weight is 292 g/mol. The predicted molar refractivity (Wildman–Crippen MR) is 65.1 cm³/mol. The van der Waals surface area contributed by atoms with Crippen LogP contribution in [0.4, 0.5) is 8.78 Å². The third-order valence-electron chi connectivity index (χ3n) is 2.77. The first-order valence-electron chi connectivity index (χ1n) is 5.38. The molecule has 1 rings (SSSR count). The lowest BCUT2D eigenvalue weighted by molar-refractivity contribution is 0.402. The Hall–Kier alpha value is -0.480. The molecule has 0 amide bonds. The summed E-state index contributed by atoms with van der Waals surface area (Å²) in [5, 5.41) is 0. The van der Waals surface area contributed by atoms with Crippen LogP contribution in [0.2, 0.25) is 0 Å². The van der Waals surface area contributed by atoms with Gasteiger partial charge in [-0.1, -0.05) is 20.3 Å². The van der Waals surface area contributed by atoms with Crippen LogP contribution in [0.15, 0.2) is 16.6 Å². The van der Waals surface area contributed by atoms with Gasteiger partial charge in [0.15, 0.2) is 0 Å². The molecule has 0 fully saturated rings. The van der Waals surface area contributed by atoms with E-state index in [2.05, 4.69) is 15.9 Å². The molecule has 0 aliphatic heterocycles. The summed E-state index contributed by atoms with van der Waals surface area (Å²) in [4.78, 5) is 0. The molecule has 1 aromatic carbocycles. The van der Waals surface area contributed by atoms with Gasteiger partial charge in [0, 0.05) is 11.6 Å². The Bertz CT molecular complexity index is 368. The fourth-order valence-corrected chi connectivity index (χ4v) is 2.11. The molecule has 1 nitrogen and oxygen atoms in total. The Balaban J connectivity index is 3.07. The Morgan fingerprint density at radius 3 is 2.56 bits per heavy atom. The van der Waals surface area contributed by atoms with Crippen molar-refractivity contribution in [1.29, 1.82) is 0 Å². The van der Waals surface area contributed by atoms with Crippen LogP contribution in [-0.4, -0.2) is 0 Å². The first-order chi connectivity index (χ1) is 7.49. The molecular formula is C12H16BrF2N. The van der Waals surface area contributed by atoms with Crippen molar-refractivity contribution in [3.8, 4) is 0 Å². The quantitative estimate of drug-likeness (QED) is 0.828. The molecule has 2 N–H and O–H groups in total. The number of benzene rings is 1. The summed E-state index contributed by atoms with van der Waals surface area (Å²) in [6.07, 6.45) is 1.80. The lowest BCUT2D eigenvalue weighted by Crippen LogP contribution is -2.22. The first-order valence-corrected chi connectivity index (χ1v) is 6.17. The van der Waals surface area contributed by atoms with E-state index < -0.39 is 17.7 Å². The molecule has 0 saturated carbocycles. The molecule has 0 aromatic heterocycles. The van der Waals surface area contributed by atoms with Crippen molar-refractivity contribution in [1.82, 2.24) is 0 Å². The van der Waals surface area contributed by atoms with Crippen LogP contribution in [0, 0.1) is 17.6 Å². The van der Waals surface area contributed by atoms with Gasteiger partial charge >= 0.3 is 0 Å². The molecule has 0 saturated heterocycles. The molecule has 16 heavy (non-hydrogen) atoms. The Morgan fingerprint density at radius 2 is 2.00 bits per heavy atom. The molecular weight excluding hydrogens is 276 g/mol. The van der Waals surface area contributed by atoms with Gasteiger partial charge in [-0.15, -0.1) is 0 Å². The molecule has 2 unspecified atom stereocenters. The van der Waals surface area contributed by atoms with Crippen molar-refractivity contribution in [2.24, 2.45) is 11.7 Å². The van der Waals surface area contributed by atoms with Crippen molar-refractivity contribution in [2.45, 2.75) is 32.7 Å². The maximum absolute atomic E-state index is 13.7. The van der Waals surface area contributed by atoms with E-state index in [-0.39, 0.29) is 16.0 Å². The highest BCUT2D eigenvalue weighted by molar-refractivity contribution is 9.10. The molecule has 0 aliphatic carbocycles. The maximum atomic E-state index is 13.7. The van der Waals surface area contributed by atoms with Gasteiger partial charge in [0.05, 0.1) is 4.47 Å². The van der Waals surface area contributed by atoms with E-state index >= 15 is 0 Å². The van der Waals surface area contributed by atoms with E-state index in [4.69, 9.17) is 5.73 Å². The van der Waals surface area contributed by atoms with Crippen molar-refractivity contribution >= 4 is 15.9 Å². The fourth-order valence-electron chi connectivity index (χ4n) is 1.77. The highest BCUT2D eigenvalue weighted by Crippen LogP contribution is 2.30. The molecule has 1 aromatic rings. The summed E-state index contributed by atoms with van der Waals surface area (Å²) < 4.78 is 27.5. The topological polar surface area (TPSA) is 26.0 Å².